The number of nitrogens with one attached hydrogen (secondary N) is 1. The van der Waals surface area contributed by atoms with E-state index in [0.29, 0.717) is 17.5 Å². The lowest BCUT2D eigenvalue weighted by atomic mass is 10.1. The molecule has 8 nitrogen and oxygen atoms in total. The number of ether oxygens (including phenoxy) is 1. The van der Waals surface area contributed by atoms with Crippen LogP contribution in [0.2, 0.25) is 0 Å². The molecule has 0 unspecified atom stereocenters. The van der Waals surface area contributed by atoms with Gasteiger partial charge in [-0.05, 0) is 11.1 Å². The normalized spacial score (nSPS) is 9.47. The minimum Gasteiger partial charge on any atom is -0.460 e. The predicted octanol–water partition coefficient (Wildman–Crippen LogP) is 0.184. The lowest BCUT2D eigenvalue weighted by Gasteiger charge is -2.06. The van der Waals surface area contributed by atoms with Gasteiger partial charge < -0.3 is 14.9 Å². The Labute approximate surface area is 108 Å². The van der Waals surface area contributed by atoms with Crippen molar-refractivity contribution < 1.29 is 24.3 Å². The van der Waals surface area contributed by atoms with Crippen molar-refractivity contribution in [2.75, 3.05) is 6.54 Å². The van der Waals surface area contributed by atoms with Crippen molar-refractivity contribution in [2.45, 2.75) is 13.2 Å². The molecule has 0 radical (unpaired) electrons. The van der Waals surface area contributed by atoms with E-state index in [0.717, 1.165) is 0 Å². The third kappa shape index (κ3) is 6.01. The summed E-state index contributed by atoms with van der Waals surface area (Å²) in [6.45, 7) is -0.346. The van der Waals surface area contributed by atoms with Gasteiger partial charge in [-0.3, -0.25) is 9.59 Å². The Morgan fingerprint density at radius 3 is 2.68 bits per heavy atom. The first kappa shape index (κ1) is 14.4. The predicted molar refractivity (Wildman–Crippen MR) is 62.1 cm³/mol. The molecule has 19 heavy (non-hydrogen) atoms. The van der Waals surface area contributed by atoms with Gasteiger partial charge >= 0.3 is 5.97 Å². The zero-order valence-corrected chi connectivity index (χ0v) is 9.90. The van der Waals surface area contributed by atoms with Gasteiger partial charge in [0.05, 0.1) is 0 Å². The Hall–Kier alpha value is -2.64. The number of benzene rings is 1. The molecule has 1 amide bonds. The molecule has 8 heteroatoms. The van der Waals surface area contributed by atoms with E-state index in [1.807, 2.05) is 0 Å². The van der Waals surface area contributed by atoms with E-state index < -0.39 is 11.1 Å². The Bertz CT molecular complexity index is 462. The summed E-state index contributed by atoms with van der Waals surface area (Å²) in [4.78, 5) is 35.4. The van der Waals surface area contributed by atoms with Gasteiger partial charge in [0.25, 0.3) is 5.09 Å². The quantitative estimate of drug-likeness (QED) is 0.312. The fraction of sp³-hybridized carbons (Fsp3) is 0.273. The van der Waals surface area contributed by atoms with Crippen LogP contribution in [-0.2, 0) is 32.4 Å². The zero-order valence-electron chi connectivity index (χ0n) is 9.90. The number of nitrogens with zero attached hydrogens (tertiary/aromatic N) is 1. The molecule has 0 heterocycles. The minimum atomic E-state index is -0.877. The van der Waals surface area contributed by atoms with Gasteiger partial charge in [-0.2, -0.15) is 0 Å². The average Bonchev–Trinajstić information content (AvgIpc) is 2.41. The van der Waals surface area contributed by atoms with Crippen LogP contribution in [0.5, 0.6) is 0 Å². The highest BCUT2D eigenvalue weighted by atomic mass is 16.9. The molecule has 1 aromatic rings. The van der Waals surface area contributed by atoms with Gasteiger partial charge in [0.1, 0.15) is 19.8 Å². The maximum Gasteiger partial charge on any atom is 0.325 e. The standard InChI is InChI=1S/C11H12N2O6/c14-8-12-5-11(15)18-6-9-2-1-3-10(4-9)7-19-13(16)17/h1-4,8H,5-7H2,(H,12,14). The van der Waals surface area contributed by atoms with E-state index in [2.05, 4.69) is 10.2 Å². The summed E-state index contributed by atoms with van der Waals surface area (Å²) in [5, 5.41) is 11.4. The van der Waals surface area contributed by atoms with Crippen LogP contribution in [0.25, 0.3) is 0 Å². The molecule has 0 aliphatic rings. The van der Waals surface area contributed by atoms with Crippen molar-refractivity contribution in [3.8, 4) is 0 Å². The Morgan fingerprint density at radius 2 is 2.05 bits per heavy atom. The van der Waals surface area contributed by atoms with Gasteiger partial charge in [0.2, 0.25) is 6.41 Å². The smallest absolute Gasteiger partial charge is 0.325 e. The average molecular weight is 268 g/mol. The molecular weight excluding hydrogens is 256 g/mol. The number of hydrogen-bond donors (Lipinski definition) is 1. The molecule has 0 bridgehead atoms. The molecule has 0 saturated carbocycles. The maximum atomic E-state index is 11.1. The van der Waals surface area contributed by atoms with E-state index in [9.17, 15) is 19.7 Å². The molecule has 1 rings (SSSR count). The number of hydrogen-bond acceptors (Lipinski definition) is 6. The lowest BCUT2D eigenvalue weighted by Crippen LogP contribution is -2.23. The molecular formula is C11H12N2O6. The van der Waals surface area contributed by atoms with Crippen LogP contribution in [0.3, 0.4) is 0 Å². The van der Waals surface area contributed by atoms with Crippen molar-refractivity contribution in [3.63, 3.8) is 0 Å². The number of carbonyl (C=O) groups excluding carboxylic acids is 2. The summed E-state index contributed by atoms with van der Waals surface area (Å²) in [5.74, 6) is -0.570. The molecule has 0 atom stereocenters. The minimum absolute atomic E-state index is 0.0195. The van der Waals surface area contributed by atoms with E-state index in [1.54, 1.807) is 24.3 Å². The second kappa shape index (κ2) is 7.64. The molecule has 0 aliphatic heterocycles. The van der Waals surface area contributed by atoms with Gasteiger partial charge in [0, 0.05) is 0 Å². The largest absolute Gasteiger partial charge is 0.460 e. The Balaban J connectivity index is 2.45. The summed E-state index contributed by atoms with van der Waals surface area (Å²) >= 11 is 0. The molecule has 0 fully saturated rings. The highest BCUT2D eigenvalue weighted by Crippen LogP contribution is 2.08. The van der Waals surface area contributed by atoms with Crippen LogP contribution in [0, 0.1) is 10.1 Å². The van der Waals surface area contributed by atoms with Gasteiger partial charge in [-0.1, -0.05) is 24.3 Å². The van der Waals surface area contributed by atoms with Crippen molar-refractivity contribution in [1.82, 2.24) is 5.32 Å². The van der Waals surface area contributed by atoms with Crippen molar-refractivity contribution >= 4 is 12.4 Å². The summed E-state index contributed by atoms with van der Waals surface area (Å²) < 4.78 is 4.88. The van der Waals surface area contributed by atoms with Crippen LogP contribution in [0.15, 0.2) is 24.3 Å². The van der Waals surface area contributed by atoms with Crippen LogP contribution < -0.4 is 5.32 Å². The van der Waals surface area contributed by atoms with Crippen LogP contribution in [0.1, 0.15) is 11.1 Å². The van der Waals surface area contributed by atoms with Gasteiger partial charge in [-0.25, -0.2) is 0 Å². The monoisotopic (exact) mass is 268 g/mol. The molecule has 0 spiro atoms. The molecule has 0 aromatic heterocycles. The van der Waals surface area contributed by atoms with E-state index in [-0.39, 0.29) is 19.8 Å². The second-order valence-corrected chi connectivity index (χ2v) is 3.48. The summed E-state index contributed by atoms with van der Waals surface area (Å²) in [6, 6.07) is 6.66. The summed E-state index contributed by atoms with van der Waals surface area (Å²) in [6.07, 6.45) is 0.400. The highest BCUT2D eigenvalue weighted by Gasteiger charge is 2.04. The van der Waals surface area contributed by atoms with Crippen molar-refractivity contribution in [1.29, 1.82) is 0 Å². The second-order valence-electron chi connectivity index (χ2n) is 3.48. The number of rotatable bonds is 8. The van der Waals surface area contributed by atoms with Crippen molar-refractivity contribution in [2.24, 2.45) is 0 Å². The van der Waals surface area contributed by atoms with Crippen LogP contribution in [-0.4, -0.2) is 24.0 Å². The summed E-state index contributed by atoms with van der Waals surface area (Å²) in [7, 11) is 0. The lowest BCUT2D eigenvalue weighted by molar-refractivity contribution is -0.763. The third-order valence-electron chi connectivity index (χ3n) is 2.06. The van der Waals surface area contributed by atoms with Crippen molar-refractivity contribution in [3.05, 3.63) is 45.5 Å². The maximum absolute atomic E-state index is 11.1. The summed E-state index contributed by atoms with van der Waals surface area (Å²) in [5.41, 5.74) is 1.26. The first-order valence-corrected chi connectivity index (χ1v) is 5.29. The molecule has 0 aliphatic carbocycles. The third-order valence-corrected chi connectivity index (χ3v) is 2.06. The van der Waals surface area contributed by atoms with Crippen LogP contribution in [0.4, 0.5) is 0 Å². The van der Waals surface area contributed by atoms with E-state index in [4.69, 9.17) is 4.74 Å². The first-order valence-electron chi connectivity index (χ1n) is 5.29. The number of amides is 1. The van der Waals surface area contributed by atoms with Crippen LogP contribution >= 0.6 is 0 Å². The Kier molecular flexibility index (Phi) is 5.80. The van der Waals surface area contributed by atoms with E-state index >= 15 is 0 Å². The fourth-order valence-electron chi connectivity index (χ4n) is 1.28. The topological polar surface area (TPSA) is 108 Å². The first-order chi connectivity index (χ1) is 9.11. The highest BCUT2D eigenvalue weighted by molar-refractivity contribution is 5.73. The number of carbonyl (C=O) groups is 2. The molecule has 0 saturated heterocycles. The molecule has 1 N–H and O–H groups in total. The molecule has 1 aromatic carbocycles. The SMILES string of the molecule is O=CNCC(=O)OCc1cccc(CO[N+](=O)[O-])c1. The van der Waals surface area contributed by atoms with Gasteiger partial charge in [-0.15, -0.1) is 10.1 Å². The Morgan fingerprint density at radius 1 is 1.37 bits per heavy atom. The van der Waals surface area contributed by atoms with Gasteiger partial charge in [0.15, 0.2) is 0 Å². The number of esters is 1. The zero-order chi connectivity index (χ0) is 14.1. The van der Waals surface area contributed by atoms with E-state index in [1.165, 1.54) is 0 Å². The fourth-order valence-corrected chi connectivity index (χ4v) is 1.28. The molecule has 102 valence electrons.